The van der Waals surface area contributed by atoms with E-state index in [9.17, 15) is 4.79 Å². The van der Waals surface area contributed by atoms with Gasteiger partial charge in [-0.25, -0.2) is 0 Å². The number of ether oxygens (including phenoxy) is 2. The van der Waals surface area contributed by atoms with E-state index in [4.69, 9.17) is 9.47 Å². The molecule has 22 heavy (non-hydrogen) atoms. The Bertz CT molecular complexity index is 350. The van der Waals surface area contributed by atoms with Crippen LogP contribution < -0.4 is 10.6 Å². The molecule has 1 rings (SSSR count). The van der Waals surface area contributed by atoms with Gasteiger partial charge in [-0.1, -0.05) is 6.92 Å². The lowest BCUT2D eigenvalue weighted by molar-refractivity contribution is -0.129. The molecule has 1 aliphatic heterocycles. The molecule has 1 unspecified atom stereocenters. The lowest BCUT2D eigenvalue weighted by Crippen LogP contribution is -2.45. The zero-order chi connectivity index (χ0) is 16.2. The Morgan fingerprint density at radius 2 is 2.18 bits per heavy atom. The molecule has 1 aliphatic rings. The molecular weight excluding hydrogens is 284 g/mol. The van der Waals surface area contributed by atoms with E-state index >= 15 is 0 Å². The summed E-state index contributed by atoms with van der Waals surface area (Å²) in [6.45, 7) is 6.26. The van der Waals surface area contributed by atoms with E-state index in [0.29, 0.717) is 26.2 Å². The van der Waals surface area contributed by atoms with E-state index in [1.165, 1.54) is 0 Å². The summed E-state index contributed by atoms with van der Waals surface area (Å²) in [7, 11) is 3.42. The average molecular weight is 314 g/mol. The highest BCUT2D eigenvalue weighted by molar-refractivity contribution is 5.80. The van der Waals surface area contributed by atoms with Crippen LogP contribution in [-0.4, -0.2) is 76.4 Å². The number of nitrogens with zero attached hydrogens (tertiary/aromatic N) is 2. The van der Waals surface area contributed by atoms with Gasteiger partial charge in [-0.2, -0.15) is 0 Å². The fourth-order valence-electron chi connectivity index (χ4n) is 2.34. The maximum absolute atomic E-state index is 11.7. The predicted molar refractivity (Wildman–Crippen MR) is 87.1 cm³/mol. The molecule has 0 radical (unpaired) electrons. The lowest BCUT2D eigenvalue weighted by Gasteiger charge is -2.18. The standard InChI is InChI=1S/C15H30N4O3/c1-4-14(20)19-8-6-13(12-19)18-15(16-2)17-7-5-9-22-11-10-21-3/h13H,4-12H2,1-3H3,(H2,16,17,18). The van der Waals surface area contributed by atoms with Crippen molar-refractivity contribution >= 4 is 11.9 Å². The quantitative estimate of drug-likeness (QED) is 0.362. The summed E-state index contributed by atoms with van der Waals surface area (Å²) >= 11 is 0. The molecule has 7 nitrogen and oxygen atoms in total. The van der Waals surface area contributed by atoms with Crippen molar-refractivity contribution in [1.29, 1.82) is 0 Å². The maximum Gasteiger partial charge on any atom is 0.222 e. The highest BCUT2D eigenvalue weighted by Gasteiger charge is 2.25. The SMILES string of the molecule is CCC(=O)N1CCC(NC(=NC)NCCCOCCOC)C1. The first-order valence-corrected chi connectivity index (χ1v) is 8.02. The van der Waals surface area contributed by atoms with Crippen LogP contribution in [0, 0.1) is 0 Å². The van der Waals surface area contributed by atoms with Crippen molar-refractivity contribution in [2.75, 3.05) is 53.6 Å². The van der Waals surface area contributed by atoms with E-state index in [1.807, 2.05) is 11.8 Å². The molecule has 0 spiro atoms. The number of guanidine groups is 1. The summed E-state index contributed by atoms with van der Waals surface area (Å²) in [6, 6.07) is 0.277. The Balaban J connectivity index is 2.14. The van der Waals surface area contributed by atoms with Gasteiger partial charge in [-0.3, -0.25) is 9.79 Å². The first kappa shape index (κ1) is 18.7. The summed E-state index contributed by atoms with van der Waals surface area (Å²) in [5.74, 6) is 1.01. The number of hydrogen-bond donors (Lipinski definition) is 2. The minimum Gasteiger partial charge on any atom is -0.382 e. The largest absolute Gasteiger partial charge is 0.382 e. The van der Waals surface area contributed by atoms with Crippen LogP contribution in [0.4, 0.5) is 0 Å². The van der Waals surface area contributed by atoms with Crippen LogP contribution in [0.15, 0.2) is 4.99 Å². The topological polar surface area (TPSA) is 75.2 Å². The molecule has 2 N–H and O–H groups in total. The van der Waals surface area contributed by atoms with Gasteiger partial charge in [-0.05, 0) is 12.8 Å². The first-order chi connectivity index (χ1) is 10.7. The smallest absolute Gasteiger partial charge is 0.222 e. The molecule has 7 heteroatoms. The number of likely N-dealkylation sites (tertiary alicyclic amines) is 1. The van der Waals surface area contributed by atoms with Gasteiger partial charge in [0.25, 0.3) is 0 Å². The molecule has 0 aromatic rings. The number of carbonyl (C=O) groups is 1. The minimum absolute atomic E-state index is 0.223. The van der Waals surface area contributed by atoms with Crippen molar-refractivity contribution in [3.8, 4) is 0 Å². The normalized spacial score (nSPS) is 18.6. The zero-order valence-electron chi connectivity index (χ0n) is 14.1. The Morgan fingerprint density at radius 1 is 1.36 bits per heavy atom. The molecule has 1 fully saturated rings. The van der Waals surface area contributed by atoms with Crippen LogP contribution in [0.3, 0.4) is 0 Å². The third-order valence-corrected chi connectivity index (χ3v) is 3.60. The van der Waals surface area contributed by atoms with Gasteiger partial charge in [0.15, 0.2) is 5.96 Å². The number of methoxy groups -OCH3 is 1. The molecule has 1 amide bonds. The molecule has 0 aromatic carbocycles. The van der Waals surface area contributed by atoms with Crippen LogP contribution in [0.5, 0.6) is 0 Å². The van der Waals surface area contributed by atoms with Gasteiger partial charge < -0.3 is 25.0 Å². The van der Waals surface area contributed by atoms with Crippen LogP contribution in [0.1, 0.15) is 26.2 Å². The summed E-state index contributed by atoms with van der Waals surface area (Å²) in [6.07, 6.45) is 2.45. The molecule has 0 bridgehead atoms. The number of rotatable bonds is 9. The minimum atomic E-state index is 0.223. The van der Waals surface area contributed by atoms with E-state index in [-0.39, 0.29) is 11.9 Å². The van der Waals surface area contributed by atoms with Gasteiger partial charge in [0.2, 0.25) is 5.91 Å². The maximum atomic E-state index is 11.7. The van der Waals surface area contributed by atoms with E-state index in [0.717, 1.165) is 38.4 Å². The number of amides is 1. The molecule has 1 heterocycles. The first-order valence-electron chi connectivity index (χ1n) is 8.02. The molecular formula is C15H30N4O3. The fourth-order valence-corrected chi connectivity index (χ4v) is 2.34. The Labute approximate surface area is 133 Å². The second kappa shape index (κ2) is 11.3. The summed E-state index contributed by atoms with van der Waals surface area (Å²) in [4.78, 5) is 17.8. The predicted octanol–water partition coefficient (Wildman–Crippen LogP) is 0.215. The number of hydrogen-bond acceptors (Lipinski definition) is 4. The van der Waals surface area contributed by atoms with Crippen LogP contribution in [0.25, 0.3) is 0 Å². The third-order valence-electron chi connectivity index (χ3n) is 3.60. The van der Waals surface area contributed by atoms with Gasteiger partial charge >= 0.3 is 0 Å². The molecule has 128 valence electrons. The lowest BCUT2D eigenvalue weighted by atomic mass is 10.3. The molecule has 0 aromatic heterocycles. The van der Waals surface area contributed by atoms with Crippen LogP contribution in [0.2, 0.25) is 0 Å². The Morgan fingerprint density at radius 3 is 2.86 bits per heavy atom. The number of carbonyl (C=O) groups excluding carboxylic acids is 1. The average Bonchev–Trinajstić information content (AvgIpc) is 3.00. The fraction of sp³-hybridized carbons (Fsp3) is 0.867. The van der Waals surface area contributed by atoms with Gasteiger partial charge in [0, 0.05) is 52.9 Å². The van der Waals surface area contributed by atoms with Crippen molar-refractivity contribution in [3.05, 3.63) is 0 Å². The summed E-state index contributed by atoms with van der Waals surface area (Å²) in [5.41, 5.74) is 0. The van der Waals surface area contributed by atoms with Crippen molar-refractivity contribution < 1.29 is 14.3 Å². The van der Waals surface area contributed by atoms with E-state index in [1.54, 1.807) is 14.2 Å². The number of aliphatic imine (C=N–C) groups is 1. The second-order valence-corrected chi connectivity index (χ2v) is 5.28. The van der Waals surface area contributed by atoms with Crippen molar-refractivity contribution in [2.45, 2.75) is 32.2 Å². The van der Waals surface area contributed by atoms with Gasteiger partial charge in [-0.15, -0.1) is 0 Å². The molecule has 0 aliphatic carbocycles. The molecule has 1 atom stereocenters. The highest BCUT2D eigenvalue weighted by atomic mass is 16.5. The summed E-state index contributed by atoms with van der Waals surface area (Å²) < 4.78 is 10.3. The monoisotopic (exact) mass is 314 g/mol. The highest BCUT2D eigenvalue weighted by Crippen LogP contribution is 2.10. The third kappa shape index (κ3) is 7.09. The van der Waals surface area contributed by atoms with Crippen LogP contribution >= 0.6 is 0 Å². The van der Waals surface area contributed by atoms with Crippen molar-refractivity contribution in [2.24, 2.45) is 4.99 Å². The van der Waals surface area contributed by atoms with Crippen LogP contribution in [-0.2, 0) is 14.3 Å². The van der Waals surface area contributed by atoms with Crippen molar-refractivity contribution in [1.82, 2.24) is 15.5 Å². The summed E-state index contributed by atoms with van der Waals surface area (Å²) in [5, 5.41) is 6.64. The molecule has 1 saturated heterocycles. The van der Waals surface area contributed by atoms with E-state index < -0.39 is 0 Å². The second-order valence-electron chi connectivity index (χ2n) is 5.28. The Kier molecular flexibility index (Phi) is 9.57. The number of nitrogens with one attached hydrogen (secondary N) is 2. The molecule has 0 saturated carbocycles. The van der Waals surface area contributed by atoms with Gasteiger partial charge in [0.05, 0.1) is 13.2 Å². The van der Waals surface area contributed by atoms with Crippen molar-refractivity contribution in [3.63, 3.8) is 0 Å². The van der Waals surface area contributed by atoms with E-state index in [2.05, 4.69) is 15.6 Å². The van der Waals surface area contributed by atoms with Gasteiger partial charge in [0.1, 0.15) is 0 Å². The zero-order valence-corrected chi connectivity index (χ0v) is 14.1. The Hall–Kier alpha value is -1.34.